The Labute approximate surface area is 194 Å². The maximum absolute atomic E-state index is 12.3. The molecule has 0 heterocycles. The van der Waals surface area contributed by atoms with Gasteiger partial charge in [-0.1, -0.05) is 30.3 Å². The predicted octanol–water partition coefficient (Wildman–Crippen LogP) is 4.61. The highest BCUT2D eigenvalue weighted by molar-refractivity contribution is 5.94. The average molecular weight is 451 g/mol. The Kier molecular flexibility index (Phi) is 9.90. The molecule has 0 aliphatic rings. The number of hydrogen-bond acceptors (Lipinski definition) is 6. The van der Waals surface area contributed by atoms with Gasteiger partial charge >= 0.3 is 0 Å². The molecule has 3 rings (SSSR count). The van der Waals surface area contributed by atoms with Gasteiger partial charge in [0.1, 0.15) is 37.1 Å². The molecule has 0 bridgehead atoms. The lowest BCUT2D eigenvalue weighted by Gasteiger charge is -2.13. The number of rotatable bonds is 14. The maximum Gasteiger partial charge on any atom is 0.243 e. The molecule has 0 aliphatic carbocycles. The van der Waals surface area contributed by atoms with Crippen LogP contribution in [0.15, 0.2) is 78.9 Å². The van der Waals surface area contributed by atoms with Crippen LogP contribution < -0.4 is 24.8 Å². The van der Waals surface area contributed by atoms with Crippen molar-refractivity contribution in [2.24, 2.45) is 0 Å². The van der Waals surface area contributed by atoms with E-state index < -0.39 is 0 Å². The fourth-order valence-electron chi connectivity index (χ4n) is 2.94. The van der Waals surface area contributed by atoms with E-state index in [2.05, 4.69) is 10.6 Å². The zero-order valence-corrected chi connectivity index (χ0v) is 18.8. The molecule has 7 nitrogen and oxygen atoms in total. The van der Waals surface area contributed by atoms with Gasteiger partial charge in [0.15, 0.2) is 0 Å². The van der Waals surface area contributed by atoms with E-state index in [4.69, 9.17) is 18.9 Å². The smallest absolute Gasteiger partial charge is 0.243 e. The van der Waals surface area contributed by atoms with Crippen molar-refractivity contribution >= 4 is 17.3 Å². The lowest BCUT2D eigenvalue weighted by Crippen LogP contribution is -2.22. The van der Waals surface area contributed by atoms with Gasteiger partial charge in [-0.15, -0.1) is 0 Å². The molecule has 3 aromatic rings. The Hall–Kier alpha value is -3.71. The van der Waals surface area contributed by atoms with Crippen molar-refractivity contribution in [3.8, 4) is 17.2 Å². The molecule has 0 aromatic heterocycles. The van der Waals surface area contributed by atoms with Gasteiger partial charge in [-0.25, -0.2) is 0 Å². The number of carbonyl (C=O) groups is 1. The van der Waals surface area contributed by atoms with Crippen molar-refractivity contribution in [1.82, 2.24) is 0 Å². The van der Waals surface area contributed by atoms with E-state index in [1.54, 1.807) is 12.1 Å². The van der Waals surface area contributed by atoms with Crippen LogP contribution in [0.1, 0.15) is 6.92 Å². The summed E-state index contributed by atoms with van der Waals surface area (Å²) >= 11 is 0. The minimum atomic E-state index is -0.163. The molecule has 1 amide bonds. The Morgan fingerprint density at radius 1 is 0.727 bits per heavy atom. The number of amides is 1. The van der Waals surface area contributed by atoms with Gasteiger partial charge < -0.3 is 29.6 Å². The maximum atomic E-state index is 12.3. The van der Waals surface area contributed by atoms with E-state index in [1.165, 1.54) is 0 Å². The minimum absolute atomic E-state index is 0.112. The molecule has 0 fully saturated rings. The van der Waals surface area contributed by atoms with E-state index >= 15 is 0 Å². The standard InChI is InChI=1S/C26H30N2O5/c1-2-30-16-17-33-25-11-7-6-10-24(25)27-20-26(29)28-21-12-14-23(15-13-21)32-19-18-31-22-8-4-3-5-9-22/h3-15,27H,2,16-20H2,1H3,(H,28,29). The average Bonchev–Trinajstić information content (AvgIpc) is 2.85. The van der Waals surface area contributed by atoms with Crippen molar-refractivity contribution < 1.29 is 23.7 Å². The number of benzene rings is 3. The first-order valence-corrected chi connectivity index (χ1v) is 11.0. The molecule has 33 heavy (non-hydrogen) atoms. The zero-order chi connectivity index (χ0) is 23.1. The summed E-state index contributed by atoms with van der Waals surface area (Å²) in [4.78, 5) is 12.3. The molecule has 7 heteroatoms. The van der Waals surface area contributed by atoms with Gasteiger partial charge in [-0.05, 0) is 55.5 Å². The van der Waals surface area contributed by atoms with Crippen LogP contribution in [0.4, 0.5) is 11.4 Å². The number of hydrogen-bond donors (Lipinski definition) is 2. The largest absolute Gasteiger partial charge is 0.490 e. The van der Waals surface area contributed by atoms with Crippen molar-refractivity contribution in [1.29, 1.82) is 0 Å². The summed E-state index contributed by atoms with van der Waals surface area (Å²) in [5.74, 6) is 2.04. The molecule has 3 aromatic carbocycles. The fourth-order valence-corrected chi connectivity index (χ4v) is 2.94. The molecule has 0 saturated carbocycles. The van der Waals surface area contributed by atoms with Gasteiger partial charge in [-0.3, -0.25) is 4.79 Å². The first-order valence-electron chi connectivity index (χ1n) is 11.0. The van der Waals surface area contributed by atoms with Crippen molar-refractivity contribution in [3.05, 3.63) is 78.9 Å². The summed E-state index contributed by atoms with van der Waals surface area (Å²) in [6.07, 6.45) is 0. The Bertz CT molecular complexity index is 964. The molecular formula is C26H30N2O5. The molecular weight excluding hydrogens is 420 g/mol. The zero-order valence-electron chi connectivity index (χ0n) is 18.8. The number of para-hydroxylation sites is 3. The highest BCUT2D eigenvalue weighted by atomic mass is 16.5. The third-order valence-corrected chi connectivity index (χ3v) is 4.52. The molecule has 0 spiro atoms. The van der Waals surface area contributed by atoms with Gasteiger partial charge in [0.05, 0.1) is 18.8 Å². The summed E-state index contributed by atoms with van der Waals surface area (Å²) < 4.78 is 22.3. The fraction of sp³-hybridized carbons (Fsp3) is 0.269. The molecule has 0 unspecified atom stereocenters. The van der Waals surface area contributed by atoms with Crippen LogP contribution in [0.3, 0.4) is 0 Å². The van der Waals surface area contributed by atoms with Crippen LogP contribution >= 0.6 is 0 Å². The number of carbonyl (C=O) groups excluding carboxylic acids is 1. The predicted molar refractivity (Wildman–Crippen MR) is 129 cm³/mol. The van der Waals surface area contributed by atoms with Crippen LogP contribution in [0.2, 0.25) is 0 Å². The normalized spacial score (nSPS) is 10.3. The second kappa shape index (κ2) is 13.6. The van der Waals surface area contributed by atoms with Crippen molar-refractivity contribution in [3.63, 3.8) is 0 Å². The Morgan fingerprint density at radius 2 is 1.36 bits per heavy atom. The monoisotopic (exact) mass is 450 g/mol. The molecule has 0 atom stereocenters. The van der Waals surface area contributed by atoms with E-state index in [0.29, 0.717) is 50.2 Å². The quantitative estimate of drug-likeness (QED) is 0.349. The summed E-state index contributed by atoms with van der Waals surface area (Å²) in [5, 5.41) is 5.98. The van der Waals surface area contributed by atoms with Crippen LogP contribution in [0.25, 0.3) is 0 Å². The molecule has 0 aliphatic heterocycles. The van der Waals surface area contributed by atoms with Crippen LogP contribution in [-0.2, 0) is 9.53 Å². The third kappa shape index (κ3) is 8.74. The first kappa shape index (κ1) is 23.9. The molecule has 174 valence electrons. The van der Waals surface area contributed by atoms with Crippen LogP contribution in [-0.4, -0.2) is 45.5 Å². The minimum Gasteiger partial charge on any atom is -0.490 e. The van der Waals surface area contributed by atoms with Crippen LogP contribution in [0, 0.1) is 0 Å². The van der Waals surface area contributed by atoms with Gasteiger partial charge in [0, 0.05) is 12.3 Å². The van der Waals surface area contributed by atoms with Crippen molar-refractivity contribution in [2.45, 2.75) is 6.92 Å². The Balaban J connectivity index is 1.38. The summed E-state index contributed by atoms with van der Waals surface area (Å²) in [6, 6.07) is 24.3. The van der Waals surface area contributed by atoms with E-state index in [-0.39, 0.29) is 12.5 Å². The topological polar surface area (TPSA) is 78.1 Å². The second-order valence-corrected chi connectivity index (χ2v) is 6.98. The highest BCUT2D eigenvalue weighted by Crippen LogP contribution is 2.23. The summed E-state index contributed by atoms with van der Waals surface area (Å²) in [5.41, 5.74) is 1.45. The van der Waals surface area contributed by atoms with Crippen LogP contribution in [0.5, 0.6) is 17.2 Å². The van der Waals surface area contributed by atoms with Gasteiger partial charge in [0.25, 0.3) is 0 Å². The van der Waals surface area contributed by atoms with E-state index in [9.17, 15) is 4.79 Å². The lowest BCUT2D eigenvalue weighted by atomic mass is 10.3. The highest BCUT2D eigenvalue weighted by Gasteiger charge is 2.07. The third-order valence-electron chi connectivity index (χ3n) is 4.52. The second-order valence-electron chi connectivity index (χ2n) is 6.98. The molecule has 0 saturated heterocycles. The SMILES string of the molecule is CCOCCOc1ccccc1NCC(=O)Nc1ccc(OCCOc2ccccc2)cc1. The number of nitrogens with one attached hydrogen (secondary N) is 2. The number of ether oxygens (including phenoxy) is 4. The molecule has 2 N–H and O–H groups in total. The molecule has 0 radical (unpaired) electrons. The van der Waals surface area contributed by atoms with E-state index in [1.807, 2.05) is 73.7 Å². The van der Waals surface area contributed by atoms with Crippen molar-refractivity contribution in [2.75, 3.05) is 50.2 Å². The summed E-state index contributed by atoms with van der Waals surface area (Å²) in [7, 11) is 0. The lowest BCUT2D eigenvalue weighted by molar-refractivity contribution is -0.114. The summed E-state index contributed by atoms with van der Waals surface area (Å²) in [6.45, 7) is 4.55. The van der Waals surface area contributed by atoms with Gasteiger partial charge in [-0.2, -0.15) is 0 Å². The van der Waals surface area contributed by atoms with Gasteiger partial charge in [0.2, 0.25) is 5.91 Å². The Morgan fingerprint density at radius 3 is 2.09 bits per heavy atom. The number of anilines is 2. The van der Waals surface area contributed by atoms with E-state index in [0.717, 1.165) is 11.4 Å². The first-order chi connectivity index (χ1) is 16.2.